The number of anilines is 1. The molecule has 0 spiro atoms. The average Bonchev–Trinajstić information content (AvgIpc) is 2.48. The van der Waals surface area contributed by atoms with Gasteiger partial charge in [0, 0.05) is 11.3 Å². The number of hydrogen-bond acceptors (Lipinski definition) is 3. The fraction of sp³-hybridized carbons (Fsp3) is 0.188. The van der Waals surface area contributed by atoms with Crippen LogP contribution in [0.5, 0.6) is 0 Å². The Kier molecular flexibility index (Phi) is 4.43. The molecule has 0 bridgehead atoms. The Hall–Kier alpha value is -2.14. The summed E-state index contributed by atoms with van der Waals surface area (Å²) < 4.78 is 27.0. The summed E-state index contributed by atoms with van der Waals surface area (Å²) in [5.74, 6) is -0.0953. The second kappa shape index (κ2) is 6.10. The van der Waals surface area contributed by atoms with Gasteiger partial charge >= 0.3 is 0 Å². The van der Waals surface area contributed by atoms with Crippen molar-refractivity contribution in [3.63, 3.8) is 0 Å². The molecule has 0 saturated heterocycles. The van der Waals surface area contributed by atoms with E-state index in [9.17, 15) is 13.2 Å². The van der Waals surface area contributed by atoms with Crippen LogP contribution in [0, 0.1) is 0 Å². The zero-order valence-corrected chi connectivity index (χ0v) is 12.8. The number of carbonyl (C=O) groups excluding carboxylic acids is 1. The number of Topliss-reactive ketones (excluding diaryl/α,β-unsaturated/α-hetero) is 1. The molecule has 0 fully saturated rings. The van der Waals surface area contributed by atoms with Crippen molar-refractivity contribution in [1.82, 2.24) is 0 Å². The topological polar surface area (TPSA) is 63.2 Å². The Morgan fingerprint density at radius 3 is 2.05 bits per heavy atom. The summed E-state index contributed by atoms with van der Waals surface area (Å²) in [4.78, 5) is 11.3. The van der Waals surface area contributed by atoms with Gasteiger partial charge in [-0.15, -0.1) is 0 Å². The number of hydrogen-bond donors (Lipinski definition) is 1. The lowest BCUT2D eigenvalue weighted by Crippen LogP contribution is -2.13. The molecule has 0 aliphatic rings. The molecule has 2 aromatic carbocycles. The highest BCUT2D eigenvalue weighted by molar-refractivity contribution is 7.92. The van der Waals surface area contributed by atoms with E-state index in [0.29, 0.717) is 11.3 Å². The number of ketones is 1. The minimum absolute atomic E-state index is 0.0953. The SMILES string of the molecule is CCc1ccc(NS(=O)(=O)c2ccc(C(C)=O)cc2)cc1. The Labute approximate surface area is 124 Å². The molecule has 2 rings (SSSR count). The van der Waals surface area contributed by atoms with Crippen LogP contribution in [0.15, 0.2) is 53.4 Å². The van der Waals surface area contributed by atoms with Crippen LogP contribution in [-0.2, 0) is 16.4 Å². The normalized spacial score (nSPS) is 11.1. The molecule has 0 saturated carbocycles. The first-order valence-electron chi connectivity index (χ1n) is 6.65. The molecule has 0 atom stereocenters. The molecule has 4 nitrogen and oxygen atoms in total. The van der Waals surface area contributed by atoms with E-state index < -0.39 is 10.0 Å². The molecule has 21 heavy (non-hydrogen) atoms. The largest absolute Gasteiger partial charge is 0.295 e. The Morgan fingerprint density at radius 1 is 1.00 bits per heavy atom. The average molecular weight is 303 g/mol. The van der Waals surface area contributed by atoms with Gasteiger partial charge < -0.3 is 0 Å². The van der Waals surface area contributed by atoms with Gasteiger partial charge in [-0.3, -0.25) is 9.52 Å². The van der Waals surface area contributed by atoms with Gasteiger partial charge in [0.2, 0.25) is 0 Å². The quantitative estimate of drug-likeness (QED) is 0.862. The zero-order chi connectivity index (χ0) is 15.5. The maximum atomic E-state index is 12.2. The van der Waals surface area contributed by atoms with Crippen molar-refractivity contribution in [3.8, 4) is 0 Å². The molecule has 0 aliphatic heterocycles. The van der Waals surface area contributed by atoms with Crippen LogP contribution in [0.2, 0.25) is 0 Å². The van der Waals surface area contributed by atoms with Crippen LogP contribution in [-0.4, -0.2) is 14.2 Å². The van der Waals surface area contributed by atoms with Crippen molar-refractivity contribution in [2.75, 3.05) is 4.72 Å². The van der Waals surface area contributed by atoms with Gasteiger partial charge in [0.05, 0.1) is 4.90 Å². The smallest absolute Gasteiger partial charge is 0.261 e. The van der Waals surface area contributed by atoms with E-state index in [1.54, 1.807) is 12.1 Å². The minimum atomic E-state index is -3.64. The predicted molar refractivity (Wildman–Crippen MR) is 83.1 cm³/mol. The first-order valence-corrected chi connectivity index (χ1v) is 8.13. The minimum Gasteiger partial charge on any atom is -0.295 e. The monoisotopic (exact) mass is 303 g/mol. The summed E-state index contributed by atoms with van der Waals surface area (Å²) in [5, 5.41) is 0. The van der Waals surface area contributed by atoms with E-state index in [2.05, 4.69) is 4.72 Å². The molecule has 0 aromatic heterocycles. The van der Waals surface area contributed by atoms with E-state index in [1.807, 2.05) is 19.1 Å². The van der Waals surface area contributed by atoms with Gasteiger partial charge in [-0.05, 0) is 43.2 Å². The zero-order valence-electron chi connectivity index (χ0n) is 12.0. The molecule has 0 heterocycles. The lowest BCUT2D eigenvalue weighted by Gasteiger charge is -2.09. The third kappa shape index (κ3) is 3.70. The lowest BCUT2D eigenvalue weighted by molar-refractivity contribution is 0.101. The second-order valence-electron chi connectivity index (χ2n) is 4.74. The fourth-order valence-corrected chi connectivity index (χ4v) is 2.95. The van der Waals surface area contributed by atoms with Gasteiger partial charge in [0.15, 0.2) is 5.78 Å². The summed E-state index contributed by atoms with van der Waals surface area (Å²) >= 11 is 0. The number of benzene rings is 2. The number of sulfonamides is 1. The third-order valence-electron chi connectivity index (χ3n) is 3.19. The fourth-order valence-electron chi connectivity index (χ4n) is 1.89. The first-order chi connectivity index (χ1) is 9.92. The highest BCUT2D eigenvalue weighted by Crippen LogP contribution is 2.17. The van der Waals surface area contributed by atoms with Crippen molar-refractivity contribution >= 4 is 21.5 Å². The third-order valence-corrected chi connectivity index (χ3v) is 4.58. The summed E-state index contributed by atoms with van der Waals surface area (Å²) in [5.41, 5.74) is 2.15. The molecule has 1 N–H and O–H groups in total. The Morgan fingerprint density at radius 2 is 1.57 bits per heavy atom. The van der Waals surface area contributed by atoms with Crippen molar-refractivity contribution in [2.24, 2.45) is 0 Å². The van der Waals surface area contributed by atoms with E-state index in [0.717, 1.165) is 12.0 Å². The summed E-state index contributed by atoms with van der Waals surface area (Å²) in [6, 6.07) is 13.1. The predicted octanol–water partition coefficient (Wildman–Crippen LogP) is 3.25. The highest BCUT2D eigenvalue weighted by atomic mass is 32.2. The van der Waals surface area contributed by atoms with Crippen LogP contribution >= 0.6 is 0 Å². The molecule has 2 aromatic rings. The van der Waals surface area contributed by atoms with Crippen molar-refractivity contribution in [1.29, 1.82) is 0 Å². The molecule has 0 unspecified atom stereocenters. The maximum Gasteiger partial charge on any atom is 0.261 e. The van der Waals surface area contributed by atoms with E-state index in [4.69, 9.17) is 0 Å². The van der Waals surface area contributed by atoms with Crippen LogP contribution < -0.4 is 4.72 Å². The van der Waals surface area contributed by atoms with Crippen LogP contribution in [0.25, 0.3) is 0 Å². The first kappa shape index (κ1) is 15.3. The Balaban J connectivity index is 2.22. The lowest BCUT2D eigenvalue weighted by atomic mass is 10.2. The van der Waals surface area contributed by atoms with Crippen molar-refractivity contribution < 1.29 is 13.2 Å². The number of nitrogens with one attached hydrogen (secondary N) is 1. The van der Waals surface area contributed by atoms with Gasteiger partial charge in [-0.2, -0.15) is 0 Å². The van der Waals surface area contributed by atoms with E-state index in [-0.39, 0.29) is 10.7 Å². The van der Waals surface area contributed by atoms with Gasteiger partial charge in [-0.1, -0.05) is 31.2 Å². The van der Waals surface area contributed by atoms with Gasteiger partial charge in [0.25, 0.3) is 10.0 Å². The molecular weight excluding hydrogens is 286 g/mol. The van der Waals surface area contributed by atoms with Crippen molar-refractivity contribution in [2.45, 2.75) is 25.2 Å². The molecular formula is C16H17NO3S. The summed E-state index contributed by atoms with van der Waals surface area (Å²) in [6.45, 7) is 3.48. The second-order valence-corrected chi connectivity index (χ2v) is 6.42. The molecule has 110 valence electrons. The highest BCUT2D eigenvalue weighted by Gasteiger charge is 2.14. The molecule has 5 heteroatoms. The van der Waals surface area contributed by atoms with Gasteiger partial charge in [-0.25, -0.2) is 8.42 Å². The van der Waals surface area contributed by atoms with Crippen molar-refractivity contribution in [3.05, 3.63) is 59.7 Å². The molecule has 0 radical (unpaired) electrons. The molecule has 0 aliphatic carbocycles. The number of carbonyl (C=O) groups is 1. The molecule has 0 amide bonds. The number of aryl methyl sites for hydroxylation is 1. The number of rotatable bonds is 5. The summed E-state index contributed by atoms with van der Waals surface area (Å²) in [6.07, 6.45) is 0.902. The Bertz CT molecular complexity index is 732. The van der Waals surface area contributed by atoms with Crippen LogP contribution in [0.4, 0.5) is 5.69 Å². The van der Waals surface area contributed by atoms with E-state index >= 15 is 0 Å². The van der Waals surface area contributed by atoms with Crippen LogP contribution in [0.1, 0.15) is 29.8 Å². The maximum absolute atomic E-state index is 12.2. The van der Waals surface area contributed by atoms with Gasteiger partial charge in [0.1, 0.15) is 0 Å². The standard InChI is InChI=1S/C16H17NO3S/c1-3-13-4-8-15(9-5-13)17-21(19,20)16-10-6-14(7-11-16)12(2)18/h4-11,17H,3H2,1-2H3. The summed E-state index contributed by atoms with van der Waals surface area (Å²) in [7, 11) is -3.64. The van der Waals surface area contributed by atoms with Crippen LogP contribution in [0.3, 0.4) is 0 Å². The van der Waals surface area contributed by atoms with E-state index in [1.165, 1.54) is 31.2 Å².